The fourth-order valence-electron chi connectivity index (χ4n) is 2.37. The van der Waals surface area contributed by atoms with Crippen molar-refractivity contribution >= 4 is 0 Å². The summed E-state index contributed by atoms with van der Waals surface area (Å²) in [5.41, 5.74) is 8.69. The smallest absolute Gasteiger partial charge is 0.123 e. The van der Waals surface area contributed by atoms with Crippen LogP contribution in [0.25, 0.3) is 0 Å². The van der Waals surface area contributed by atoms with Crippen molar-refractivity contribution in [3.63, 3.8) is 0 Å². The van der Waals surface area contributed by atoms with Crippen molar-refractivity contribution in [1.29, 1.82) is 0 Å². The fraction of sp³-hybridized carbons (Fsp3) is 0.684. The van der Waals surface area contributed by atoms with E-state index in [0.29, 0.717) is 19.1 Å². The lowest BCUT2D eigenvalue weighted by atomic mass is 9.79. The standard InChI is InChI=1S/C19H33NO/c1-8-14(2)17-15(18(3,4)5)10-9-11-16(17)21-13-19(6,7)12-20/h9-11,14H,8,12-13,20H2,1-7H3/t14-/m1/s1. The first-order valence-electron chi connectivity index (χ1n) is 8.08. The number of rotatable bonds is 6. The van der Waals surface area contributed by atoms with E-state index in [9.17, 15) is 0 Å². The van der Waals surface area contributed by atoms with Crippen LogP contribution in [0, 0.1) is 5.41 Å². The summed E-state index contributed by atoms with van der Waals surface area (Å²) >= 11 is 0. The summed E-state index contributed by atoms with van der Waals surface area (Å²) in [5, 5.41) is 0. The van der Waals surface area contributed by atoms with Crippen LogP contribution < -0.4 is 10.5 Å². The first kappa shape index (κ1) is 18.0. The van der Waals surface area contributed by atoms with Gasteiger partial charge in [0.1, 0.15) is 5.75 Å². The zero-order valence-corrected chi connectivity index (χ0v) is 14.9. The van der Waals surface area contributed by atoms with Crippen LogP contribution in [0.1, 0.15) is 71.9 Å². The van der Waals surface area contributed by atoms with Gasteiger partial charge in [0.2, 0.25) is 0 Å². The minimum Gasteiger partial charge on any atom is -0.493 e. The Labute approximate surface area is 131 Å². The number of benzene rings is 1. The maximum Gasteiger partial charge on any atom is 0.123 e. The topological polar surface area (TPSA) is 35.2 Å². The molecule has 1 aromatic carbocycles. The highest BCUT2D eigenvalue weighted by atomic mass is 16.5. The lowest BCUT2D eigenvalue weighted by Gasteiger charge is -2.29. The maximum absolute atomic E-state index is 6.17. The largest absolute Gasteiger partial charge is 0.493 e. The van der Waals surface area contributed by atoms with Crippen molar-refractivity contribution in [2.75, 3.05) is 13.2 Å². The van der Waals surface area contributed by atoms with E-state index in [4.69, 9.17) is 10.5 Å². The van der Waals surface area contributed by atoms with E-state index in [1.165, 1.54) is 11.1 Å². The molecule has 0 unspecified atom stereocenters. The van der Waals surface area contributed by atoms with Crippen LogP contribution in [0.3, 0.4) is 0 Å². The minimum absolute atomic E-state index is 0.00442. The van der Waals surface area contributed by atoms with Gasteiger partial charge in [0, 0.05) is 17.5 Å². The van der Waals surface area contributed by atoms with E-state index in [0.717, 1.165) is 12.2 Å². The summed E-state index contributed by atoms with van der Waals surface area (Å²) in [4.78, 5) is 0. The molecule has 0 heterocycles. The van der Waals surface area contributed by atoms with Gasteiger partial charge < -0.3 is 10.5 Å². The van der Waals surface area contributed by atoms with E-state index in [1.54, 1.807) is 0 Å². The van der Waals surface area contributed by atoms with Gasteiger partial charge in [-0.2, -0.15) is 0 Å². The van der Waals surface area contributed by atoms with E-state index in [1.807, 2.05) is 0 Å². The quantitative estimate of drug-likeness (QED) is 0.812. The van der Waals surface area contributed by atoms with Gasteiger partial charge in [-0.25, -0.2) is 0 Å². The van der Waals surface area contributed by atoms with Crippen LogP contribution in [0.5, 0.6) is 5.75 Å². The third-order valence-corrected chi connectivity index (χ3v) is 4.15. The molecule has 0 saturated heterocycles. The van der Waals surface area contributed by atoms with Crippen molar-refractivity contribution in [2.45, 2.75) is 66.2 Å². The van der Waals surface area contributed by atoms with Crippen molar-refractivity contribution in [3.05, 3.63) is 29.3 Å². The number of nitrogens with two attached hydrogens (primary N) is 1. The number of ether oxygens (including phenoxy) is 1. The molecule has 120 valence electrons. The Bertz CT molecular complexity index is 457. The average Bonchev–Trinajstić information content (AvgIpc) is 2.43. The Balaban J connectivity index is 3.20. The Hall–Kier alpha value is -1.02. The zero-order valence-electron chi connectivity index (χ0n) is 14.9. The van der Waals surface area contributed by atoms with Crippen LogP contribution in [0.2, 0.25) is 0 Å². The maximum atomic E-state index is 6.17. The van der Waals surface area contributed by atoms with Gasteiger partial charge >= 0.3 is 0 Å². The third kappa shape index (κ3) is 4.74. The van der Waals surface area contributed by atoms with Crippen LogP contribution >= 0.6 is 0 Å². The summed E-state index contributed by atoms with van der Waals surface area (Å²) in [6.07, 6.45) is 1.11. The van der Waals surface area contributed by atoms with Gasteiger partial charge in [-0.15, -0.1) is 0 Å². The molecular weight excluding hydrogens is 258 g/mol. The second-order valence-corrected chi connectivity index (χ2v) is 7.93. The molecule has 0 fully saturated rings. The summed E-state index contributed by atoms with van der Waals surface area (Å²) in [6, 6.07) is 6.45. The molecule has 1 atom stereocenters. The summed E-state index contributed by atoms with van der Waals surface area (Å²) in [5.74, 6) is 1.52. The molecule has 0 amide bonds. The Morgan fingerprint density at radius 3 is 2.24 bits per heavy atom. The lowest BCUT2D eigenvalue weighted by Crippen LogP contribution is -2.30. The molecule has 0 aliphatic rings. The molecule has 2 heteroatoms. The van der Waals surface area contributed by atoms with Crippen molar-refractivity contribution in [3.8, 4) is 5.75 Å². The first-order valence-corrected chi connectivity index (χ1v) is 8.08. The first-order chi connectivity index (χ1) is 9.62. The average molecular weight is 291 g/mol. The molecule has 0 saturated carbocycles. The molecule has 0 aromatic heterocycles. The summed E-state index contributed by atoms with van der Waals surface area (Å²) < 4.78 is 6.17. The van der Waals surface area contributed by atoms with Crippen molar-refractivity contribution < 1.29 is 4.74 Å². The molecule has 2 nitrogen and oxygen atoms in total. The van der Waals surface area contributed by atoms with Crippen LogP contribution in [0.15, 0.2) is 18.2 Å². The van der Waals surface area contributed by atoms with Crippen LogP contribution in [0.4, 0.5) is 0 Å². The third-order valence-electron chi connectivity index (χ3n) is 4.15. The van der Waals surface area contributed by atoms with Gasteiger partial charge in [0.15, 0.2) is 0 Å². The van der Waals surface area contributed by atoms with E-state index in [-0.39, 0.29) is 10.8 Å². The van der Waals surface area contributed by atoms with Gasteiger partial charge in [-0.1, -0.05) is 60.6 Å². The SMILES string of the molecule is CC[C@@H](C)c1c(OCC(C)(C)CN)cccc1C(C)(C)C. The fourth-order valence-corrected chi connectivity index (χ4v) is 2.37. The van der Waals surface area contributed by atoms with Crippen LogP contribution in [-0.4, -0.2) is 13.2 Å². The van der Waals surface area contributed by atoms with Crippen molar-refractivity contribution in [1.82, 2.24) is 0 Å². The van der Waals surface area contributed by atoms with Gasteiger partial charge in [0.25, 0.3) is 0 Å². The minimum atomic E-state index is 0.00442. The predicted molar refractivity (Wildman–Crippen MR) is 92.2 cm³/mol. The number of hydrogen-bond donors (Lipinski definition) is 1. The van der Waals surface area contributed by atoms with Gasteiger partial charge in [0.05, 0.1) is 6.61 Å². The van der Waals surface area contributed by atoms with E-state index in [2.05, 4.69) is 66.7 Å². The van der Waals surface area contributed by atoms with Crippen molar-refractivity contribution in [2.24, 2.45) is 11.1 Å². The molecule has 0 aliphatic carbocycles. The second kappa shape index (κ2) is 6.83. The molecule has 0 aliphatic heterocycles. The van der Waals surface area contributed by atoms with E-state index < -0.39 is 0 Å². The zero-order chi connectivity index (χ0) is 16.3. The molecule has 1 rings (SSSR count). The Morgan fingerprint density at radius 2 is 1.76 bits per heavy atom. The second-order valence-electron chi connectivity index (χ2n) is 7.93. The molecule has 0 bridgehead atoms. The molecule has 21 heavy (non-hydrogen) atoms. The summed E-state index contributed by atoms with van der Waals surface area (Å²) in [7, 11) is 0. The normalized spacial score (nSPS) is 14.1. The molecule has 2 N–H and O–H groups in total. The molecular formula is C19H33NO. The highest BCUT2D eigenvalue weighted by molar-refractivity contribution is 5.45. The monoisotopic (exact) mass is 291 g/mol. The summed E-state index contributed by atoms with van der Waals surface area (Å²) in [6.45, 7) is 16.9. The molecule has 0 spiro atoms. The predicted octanol–water partition coefficient (Wildman–Crippen LogP) is 4.86. The Kier molecular flexibility index (Phi) is 5.86. The highest BCUT2D eigenvalue weighted by Gasteiger charge is 2.24. The highest BCUT2D eigenvalue weighted by Crippen LogP contribution is 2.38. The van der Waals surface area contributed by atoms with Gasteiger partial charge in [-0.3, -0.25) is 0 Å². The number of hydrogen-bond acceptors (Lipinski definition) is 2. The molecule has 1 aromatic rings. The van der Waals surface area contributed by atoms with Crippen LogP contribution in [-0.2, 0) is 5.41 Å². The lowest BCUT2D eigenvalue weighted by molar-refractivity contribution is 0.185. The van der Waals surface area contributed by atoms with Gasteiger partial charge in [-0.05, 0) is 29.4 Å². The Morgan fingerprint density at radius 1 is 1.14 bits per heavy atom. The molecule has 0 radical (unpaired) electrons. The van der Waals surface area contributed by atoms with E-state index >= 15 is 0 Å².